The fraction of sp³-hybridized carbons (Fsp3) is 0.160. The van der Waals surface area contributed by atoms with Crippen molar-refractivity contribution in [2.75, 3.05) is 13.2 Å². The average Bonchev–Trinajstić information content (AvgIpc) is 2.73. The maximum Gasteiger partial charge on any atom is 0.252 e. The lowest BCUT2D eigenvalue weighted by Gasteiger charge is -2.13. The highest BCUT2D eigenvalue weighted by Crippen LogP contribution is 2.21. The minimum absolute atomic E-state index is 0.111. The zero-order valence-corrected chi connectivity index (χ0v) is 16.3. The van der Waals surface area contributed by atoms with Crippen molar-refractivity contribution in [3.8, 4) is 5.75 Å². The van der Waals surface area contributed by atoms with Crippen LogP contribution < -0.4 is 10.1 Å². The zero-order chi connectivity index (χ0) is 19.8. The first-order valence-electron chi connectivity index (χ1n) is 9.44. The summed E-state index contributed by atoms with van der Waals surface area (Å²) < 4.78 is 5.84. The van der Waals surface area contributed by atoms with Gasteiger partial charge in [0, 0.05) is 5.57 Å². The molecule has 0 fully saturated rings. The molecule has 0 heterocycles. The third-order valence-electron chi connectivity index (χ3n) is 4.64. The van der Waals surface area contributed by atoms with Gasteiger partial charge in [-0.3, -0.25) is 4.79 Å². The van der Waals surface area contributed by atoms with Gasteiger partial charge in [-0.1, -0.05) is 72.8 Å². The molecule has 0 unspecified atom stereocenters. The predicted octanol–water partition coefficient (Wildman–Crippen LogP) is 5.04. The van der Waals surface area contributed by atoms with Crippen molar-refractivity contribution in [3.05, 3.63) is 101 Å². The van der Waals surface area contributed by atoms with E-state index in [2.05, 4.69) is 18.3 Å². The van der Waals surface area contributed by atoms with E-state index in [1.807, 2.05) is 85.8 Å². The van der Waals surface area contributed by atoms with Gasteiger partial charge in [0.25, 0.3) is 5.91 Å². The van der Waals surface area contributed by atoms with Crippen LogP contribution >= 0.6 is 0 Å². The van der Waals surface area contributed by atoms with E-state index in [1.165, 1.54) is 5.56 Å². The Balaban J connectivity index is 1.67. The molecule has 28 heavy (non-hydrogen) atoms. The second-order valence-corrected chi connectivity index (χ2v) is 6.64. The zero-order valence-electron chi connectivity index (χ0n) is 16.3. The summed E-state index contributed by atoms with van der Waals surface area (Å²) in [4.78, 5) is 12.8. The Hall–Kier alpha value is -3.33. The number of rotatable bonds is 7. The highest BCUT2D eigenvalue weighted by Gasteiger charge is 2.12. The molecule has 3 rings (SSSR count). The summed E-state index contributed by atoms with van der Waals surface area (Å²) >= 11 is 0. The summed E-state index contributed by atoms with van der Waals surface area (Å²) in [5.41, 5.74) is 4.84. The van der Waals surface area contributed by atoms with Gasteiger partial charge < -0.3 is 10.1 Å². The van der Waals surface area contributed by atoms with Crippen LogP contribution in [0.2, 0.25) is 0 Å². The van der Waals surface area contributed by atoms with Crippen LogP contribution in [0.15, 0.2) is 78.9 Å². The summed E-state index contributed by atoms with van der Waals surface area (Å²) in [6, 6.07) is 25.6. The third-order valence-corrected chi connectivity index (χ3v) is 4.64. The average molecular weight is 371 g/mol. The Labute approximate surface area is 166 Å². The van der Waals surface area contributed by atoms with E-state index in [-0.39, 0.29) is 5.91 Å². The molecule has 0 saturated heterocycles. The fourth-order valence-electron chi connectivity index (χ4n) is 2.91. The fourth-order valence-corrected chi connectivity index (χ4v) is 2.91. The molecular weight excluding hydrogens is 346 g/mol. The Morgan fingerprint density at radius 1 is 0.893 bits per heavy atom. The first-order valence-corrected chi connectivity index (χ1v) is 9.44. The van der Waals surface area contributed by atoms with Gasteiger partial charge in [-0.2, -0.15) is 0 Å². The quantitative estimate of drug-likeness (QED) is 0.359. The number of amides is 1. The Morgan fingerprint density at radius 2 is 1.57 bits per heavy atom. The third kappa shape index (κ3) is 5.10. The summed E-state index contributed by atoms with van der Waals surface area (Å²) in [6.45, 7) is 4.96. The molecule has 0 aliphatic carbocycles. The molecule has 142 valence electrons. The van der Waals surface area contributed by atoms with Crippen molar-refractivity contribution in [1.82, 2.24) is 5.32 Å². The summed E-state index contributed by atoms with van der Waals surface area (Å²) in [5.74, 6) is 0.747. The van der Waals surface area contributed by atoms with Crippen molar-refractivity contribution < 1.29 is 9.53 Å². The van der Waals surface area contributed by atoms with Gasteiger partial charge in [-0.15, -0.1) is 0 Å². The first-order chi connectivity index (χ1) is 13.6. The van der Waals surface area contributed by atoms with Crippen LogP contribution in [0.5, 0.6) is 5.75 Å². The molecule has 0 aromatic heterocycles. The van der Waals surface area contributed by atoms with E-state index >= 15 is 0 Å². The molecule has 1 amide bonds. The second-order valence-electron chi connectivity index (χ2n) is 6.64. The van der Waals surface area contributed by atoms with Gasteiger partial charge >= 0.3 is 0 Å². The molecule has 3 heteroatoms. The summed E-state index contributed by atoms with van der Waals surface area (Å²) in [7, 11) is 0. The predicted molar refractivity (Wildman–Crippen MR) is 115 cm³/mol. The van der Waals surface area contributed by atoms with Gasteiger partial charge in [0.15, 0.2) is 0 Å². The van der Waals surface area contributed by atoms with Crippen molar-refractivity contribution in [1.29, 1.82) is 0 Å². The molecule has 0 radical (unpaired) electrons. The molecule has 0 atom stereocenters. The number of carbonyl (C=O) groups is 1. The van der Waals surface area contributed by atoms with Gasteiger partial charge in [0.1, 0.15) is 12.4 Å². The number of benzene rings is 3. The van der Waals surface area contributed by atoms with E-state index in [0.29, 0.717) is 18.7 Å². The Kier molecular flexibility index (Phi) is 6.64. The lowest BCUT2D eigenvalue weighted by molar-refractivity contribution is -0.115. The van der Waals surface area contributed by atoms with E-state index in [0.717, 1.165) is 22.4 Å². The molecule has 0 saturated carbocycles. The number of carbonyl (C=O) groups excluding carboxylic acids is 1. The van der Waals surface area contributed by atoms with Crippen LogP contribution in [-0.2, 0) is 4.79 Å². The van der Waals surface area contributed by atoms with Crippen molar-refractivity contribution in [3.63, 3.8) is 0 Å². The second kappa shape index (κ2) is 9.56. The van der Waals surface area contributed by atoms with Crippen LogP contribution in [0.1, 0.15) is 22.3 Å². The van der Waals surface area contributed by atoms with Crippen molar-refractivity contribution in [2.24, 2.45) is 0 Å². The van der Waals surface area contributed by atoms with Crippen LogP contribution in [0.3, 0.4) is 0 Å². The normalized spacial score (nSPS) is 11.1. The van der Waals surface area contributed by atoms with Crippen molar-refractivity contribution in [2.45, 2.75) is 13.8 Å². The molecular formula is C25H25NO2. The molecule has 3 aromatic rings. The largest absolute Gasteiger partial charge is 0.491 e. The maximum atomic E-state index is 12.8. The van der Waals surface area contributed by atoms with Crippen LogP contribution in [-0.4, -0.2) is 19.1 Å². The van der Waals surface area contributed by atoms with E-state index in [1.54, 1.807) is 0 Å². The Morgan fingerprint density at radius 3 is 2.29 bits per heavy atom. The van der Waals surface area contributed by atoms with Crippen molar-refractivity contribution >= 4 is 17.6 Å². The molecule has 0 aliphatic rings. The topological polar surface area (TPSA) is 38.3 Å². The first kappa shape index (κ1) is 19.4. The molecule has 1 N–H and O–H groups in total. The minimum Gasteiger partial charge on any atom is -0.491 e. The number of ether oxygens (including phenoxy) is 1. The SMILES string of the molecule is Cc1cccc(OCCNC(=O)/C(=C/c2ccccc2)c2ccccc2)c1C. The highest BCUT2D eigenvalue weighted by molar-refractivity contribution is 6.24. The smallest absolute Gasteiger partial charge is 0.252 e. The summed E-state index contributed by atoms with van der Waals surface area (Å²) in [5, 5.41) is 2.97. The lowest BCUT2D eigenvalue weighted by Crippen LogP contribution is -2.29. The molecule has 3 aromatic carbocycles. The molecule has 0 spiro atoms. The van der Waals surface area contributed by atoms with E-state index in [9.17, 15) is 4.79 Å². The standard InChI is InChI=1S/C25H25NO2/c1-19-10-9-15-24(20(19)2)28-17-16-26-25(27)23(22-13-7-4-8-14-22)18-21-11-5-3-6-12-21/h3-15,18H,16-17H2,1-2H3,(H,26,27)/b23-18+. The lowest BCUT2D eigenvalue weighted by atomic mass is 10.0. The Bertz CT molecular complexity index is 947. The molecule has 0 bridgehead atoms. The van der Waals surface area contributed by atoms with E-state index < -0.39 is 0 Å². The molecule has 3 nitrogen and oxygen atoms in total. The van der Waals surface area contributed by atoms with Gasteiger partial charge in [0.05, 0.1) is 6.54 Å². The van der Waals surface area contributed by atoms with Gasteiger partial charge in [-0.25, -0.2) is 0 Å². The number of hydrogen-bond acceptors (Lipinski definition) is 2. The molecule has 0 aliphatic heterocycles. The summed E-state index contributed by atoms with van der Waals surface area (Å²) in [6.07, 6.45) is 1.91. The van der Waals surface area contributed by atoms with Crippen LogP contribution in [0.25, 0.3) is 11.6 Å². The van der Waals surface area contributed by atoms with Gasteiger partial charge in [-0.05, 0) is 48.2 Å². The number of nitrogens with one attached hydrogen (secondary N) is 1. The van der Waals surface area contributed by atoms with Crippen LogP contribution in [0.4, 0.5) is 0 Å². The highest BCUT2D eigenvalue weighted by atomic mass is 16.5. The minimum atomic E-state index is -0.111. The van der Waals surface area contributed by atoms with Crippen LogP contribution in [0, 0.1) is 13.8 Å². The maximum absolute atomic E-state index is 12.8. The number of hydrogen-bond donors (Lipinski definition) is 1. The number of aryl methyl sites for hydroxylation is 1. The van der Waals surface area contributed by atoms with Gasteiger partial charge in [0.2, 0.25) is 0 Å². The monoisotopic (exact) mass is 371 g/mol. The van der Waals surface area contributed by atoms with E-state index in [4.69, 9.17) is 4.74 Å².